The zero-order valence-corrected chi connectivity index (χ0v) is 11.8. The summed E-state index contributed by atoms with van der Waals surface area (Å²) in [5.41, 5.74) is 3.55. The fourth-order valence-corrected chi connectivity index (χ4v) is 2.70. The second kappa shape index (κ2) is 5.55. The first-order valence-electron chi connectivity index (χ1n) is 6.75. The van der Waals surface area contributed by atoms with Gasteiger partial charge >= 0.3 is 0 Å². The van der Waals surface area contributed by atoms with Gasteiger partial charge in [-0.15, -0.1) is 0 Å². The maximum absolute atomic E-state index is 5.99. The Morgan fingerprint density at radius 1 is 1.00 bits per heavy atom. The van der Waals surface area contributed by atoms with Gasteiger partial charge in [0.1, 0.15) is 17.6 Å². The molecule has 0 saturated carbocycles. The maximum atomic E-state index is 5.99. The van der Waals surface area contributed by atoms with Crippen molar-refractivity contribution in [2.75, 3.05) is 20.8 Å². The lowest BCUT2D eigenvalue weighted by Gasteiger charge is -2.27. The molecule has 0 bridgehead atoms. The minimum atomic E-state index is -0.0687. The van der Waals surface area contributed by atoms with E-state index >= 15 is 0 Å². The van der Waals surface area contributed by atoms with Crippen molar-refractivity contribution in [3.8, 4) is 11.5 Å². The number of fused-ring (bicyclic) bond motifs is 1. The summed E-state index contributed by atoms with van der Waals surface area (Å²) in [5.74, 6) is 1.76. The van der Waals surface area contributed by atoms with Crippen molar-refractivity contribution in [3.63, 3.8) is 0 Å². The van der Waals surface area contributed by atoms with E-state index in [-0.39, 0.29) is 6.10 Å². The average Bonchev–Trinajstić information content (AvgIpc) is 2.53. The molecule has 0 N–H and O–H groups in total. The van der Waals surface area contributed by atoms with Crippen molar-refractivity contribution < 1.29 is 14.2 Å². The van der Waals surface area contributed by atoms with Gasteiger partial charge in [-0.1, -0.05) is 24.3 Å². The minimum Gasteiger partial charge on any atom is -0.497 e. The number of hydrogen-bond acceptors (Lipinski definition) is 3. The summed E-state index contributed by atoms with van der Waals surface area (Å²) in [4.78, 5) is 0. The lowest BCUT2D eigenvalue weighted by atomic mass is 9.92. The van der Waals surface area contributed by atoms with Crippen LogP contribution in [0.15, 0.2) is 42.5 Å². The highest BCUT2D eigenvalue weighted by Gasteiger charge is 2.25. The van der Waals surface area contributed by atoms with Gasteiger partial charge in [0.15, 0.2) is 0 Å². The van der Waals surface area contributed by atoms with Crippen molar-refractivity contribution in [2.24, 2.45) is 0 Å². The van der Waals surface area contributed by atoms with Gasteiger partial charge in [0.05, 0.1) is 20.8 Å². The summed E-state index contributed by atoms with van der Waals surface area (Å²) in [6.07, 6.45) is 0.846. The molecule has 0 aromatic heterocycles. The first-order chi connectivity index (χ1) is 9.83. The number of benzene rings is 2. The topological polar surface area (TPSA) is 27.7 Å². The smallest absolute Gasteiger partial charge is 0.125 e. The molecule has 20 heavy (non-hydrogen) atoms. The number of para-hydroxylation sites is 1. The summed E-state index contributed by atoms with van der Waals surface area (Å²) in [7, 11) is 3.38. The quantitative estimate of drug-likeness (QED) is 0.856. The molecule has 0 radical (unpaired) electrons. The van der Waals surface area contributed by atoms with Crippen molar-refractivity contribution in [1.82, 2.24) is 0 Å². The van der Waals surface area contributed by atoms with E-state index in [9.17, 15) is 0 Å². The molecule has 2 aromatic carbocycles. The van der Waals surface area contributed by atoms with Gasteiger partial charge < -0.3 is 14.2 Å². The van der Waals surface area contributed by atoms with E-state index in [0.29, 0.717) is 6.61 Å². The van der Waals surface area contributed by atoms with Crippen LogP contribution in [0.3, 0.4) is 0 Å². The van der Waals surface area contributed by atoms with Crippen molar-refractivity contribution >= 4 is 0 Å². The maximum Gasteiger partial charge on any atom is 0.125 e. The molecule has 1 aliphatic rings. The Hall–Kier alpha value is -2.00. The number of hydrogen-bond donors (Lipinski definition) is 0. The van der Waals surface area contributed by atoms with E-state index in [1.807, 2.05) is 24.3 Å². The highest BCUT2D eigenvalue weighted by atomic mass is 16.5. The van der Waals surface area contributed by atoms with E-state index < -0.39 is 0 Å². The third-order valence-corrected chi connectivity index (χ3v) is 3.71. The van der Waals surface area contributed by atoms with Crippen LogP contribution in [0, 0.1) is 0 Å². The lowest BCUT2D eigenvalue weighted by molar-refractivity contribution is 0.0680. The molecule has 0 amide bonds. The van der Waals surface area contributed by atoms with Gasteiger partial charge in [-0.3, -0.25) is 0 Å². The molecule has 0 spiro atoms. The van der Waals surface area contributed by atoms with Gasteiger partial charge in [-0.25, -0.2) is 0 Å². The largest absolute Gasteiger partial charge is 0.497 e. The van der Waals surface area contributed by atoms with Crippen LogP contribution >= 0.6 is 0 Å². The van der Waals surface area contributed by atoms with Gasteiger partial charge in [0.2, 0.25) is 0 Å². The van der Waals surface area contributed by atoms with Crippen LogP contribution < -0.4 is 9.47 Å². The van der Waals surface area contributed by atoms with E-state index in [1.165, 1.54) is 11.1 Å². The van der Waals surface area contributed by atoms with E-state index in [4.69, 9.17) is 14.2 Å². The first kappa shape index (κ1) is 13.0. The van der Waals surface area contributed by atoms with Gasteiger partial charge in [-0.05, 0) is 35.7 Å². The third kappa shape index (κ3) is 2.25. The van der Waals surface area contributed by atoms with Gasteiger partial charge in [-0.2, -0.15) is 0 Å². The monoisotopic (exact) mass is 270 g/mol. The predicted octanol–water partition coefficient (Wildman–Crippen LogP) is 3.37. The second-order valence-electron chi connectivity index (χ2n) is 4.81. The Balaban J connectivity index is 2.05. The van der Waals surface area contributed by atoms with Gasteiger partial charge in [0, 0.05) is 5.56 Å². The van der Waals surface area contributed by atoms with Crippen LogP contribution in [0.2, 0.25) is 0 Å². The number of ether oxygens (including phenoxy) is 3. The molecule has 1 atom stereocenters. The molecule has 0 saturated heterocycles. The Morgan fingerprint density at radius 2 is 1.85 bits per heavy atom. The Labute approximate surface area is 119 Å². The van der Waals surface area contributed by atoms with Crippen LogP contribution in [-0.4, -0.2) is 20.8 Å². The fourth-order valence-electron chi connectivity index (χ4n) is 2.70. The zero-order valence-electron chi connectivity index (χ0n) is 11.8. The van der Waals surface area contributed by atoms with Crippen LogP contribution in [0.25, 0.3) is 0 Å². The summed E-state index contributed by atoms with van der Waals surface area (Å²) in [6.45, 7) is 0.711. The molecular weight excluding hydrogens is 252 g/mol. The van der Waals surface area contributed by atoms with Crippen molar-refractivity contribution in [1.29, 1.82) is 0 Å². The second-order valence-corrected chi connectivity index (χ2v) is 4.81. The average molecular weight is 270 g/mol. The number of methoxy groups -OCH3 is 2. The predicted molar refractivity (Wildman–Crippen MR) is 77.5 cm³/mol. The molecule has 0 fully saturated rings. The molecule has 3 heteroatoms. The SMILES string of the molecule is COc1ccc2c(c1)CCOC2c1ccccc1OC. The summed E-state index contributed by atoms with van der Waals surface area (Å²) >= 11 is 0. The van der Waals surface area contributed by atoms with E-state index in [0.717, 1.165) is 23.5 Å². The molecule has 2 aromatic rings. The first-order valence-corrected chi connectivity index (χ1v) is 6.75. The lowest BCUT2D eigenvalue weighted by Crippen LogP contribution is -2.18. The van der Waals surface area contributed by atoms with E-state index in [2.05, 4.69) is 18.2 Å². The molecular formula is C17H18O3. The van der Waals surface area contributed by atoms with Gasteiger partial charge in [0.25, 0.3) is 0 Å². The fraction of sp³-hybridized carbons (Fsp3) is 0.294. The Morgan fingerprint density at radius 3 is 2.65 bits per heavy atom. The molecule has 104 valence electrons. The molecule has 1 heterocycles. The van der Waals surface area contributed by atoms with Crippen molar-refractivity contribution in [3.05, 3.63) is 59.2 Å². The standard InChI is InChI=1S/C17H18O3/c1-18-13-7-8-14-12(11-13)9-10-20-17(14)15-5-3-4-6-16(15)19-2/h3-8,11,17H,9-10H2,1-2H3. The third-order valence-electron chi connectivity index (χ3n) is 3.71. The number of rotatable bonds is 3. The normalized spacial score (nSPS) is 17.4. The van der Waals surface area contributed by atoms with E-state index in [1.54, 1.807) is 14.2 Å². The summed E-state index contributed by atoms with van der Waals surface area (Å²) in [6, 6.07) is 14.2. The van der Waals surface area contributed by atoms with Crippen LogP contribution in [-0.2, 0) is 11.2 Å². The van der Waals surface area contributed by atoms with Crippen LogP contribution in [0.4, 0.5) is 0 Å². The Bertz CT molecular complexity index is 607. The Kier molecular flexibility index (Phi) is 3.61. The summed E-state index contributed by atoms with van der Waals surface area (Å²) < 4.78 is 16.7. The molecule has 3 nitrogen and oxygen atoms in total. The molecule has 1 unspecified atom stereocenters. The highest BCUT2D eigenvalue weighted by Crippen LogP contribution is 2.38. The molecule has 1 aliphatic heterocycles. The van der Waals surface area contributed by atoms with Crippen molar-refractivity contribution in [2.45, 2.75) is 12.5 Å². The molecule has 3 rings (SSSR count). The minimum absolute atomic E-state index is 0.0687. The van der Waals surface area contributed by atoms with Crippen LogP contribution in [0.1, 0.15) is 22.8 Å². The molecule has 0 aliphatic carbocycles. The highest BCUT2D eigenvalue weighted by molar-refractivity contribution is 5.46. The van der Waals surface area contributed by atoms with Crippen LogP contribution in [0.5, 0.6) is 11.5 Å². The zero-order chi connectivity index (χ0) is 13.9. The summed E-state index contributed by atoms with van der Waals surface area (Å²) in [5, 5.41) is 0.